The molecule has 1 aromatic carbocycles. The number of benzene rings is 1. The van der Waals surface area contributed by atoms with Crippen LogP contribution in [0.1, 0.15) is 36.0 Å². The van der Waals surface area contributed by atoms with Crippen molar-refractivity contribution in [3.63, 3.8) is 0 Å². The van der Waals surface area contributed by atoms with Crippen molar-refractivity contribution in [2.45, 2.75) is 44.3 Å². The van der Waals surface area contributed by atoms with Crippen LogP contribution in [-0.2, 0) is 18.3 Å². The fourth-order valence-electron chi connectivity index (χ4n) is 7.30. The molecule has 12 nitrogen and oxygen atoms in total. The third-order valence-electron chi connectivity index (χ3n) is 9.90. The summed E-state index contributed by atoms with van der Waals surface area (Å²) in [6.45, 7) is 1.53. The minimum Gasteiger partial charge on any atom is -0.494 e. The number of hydrogen-bond acceptors (Lipinski definition) is 8. The Morgan fingerprint density at radius 1 is 1.04 bits per heavy atom. The summed E-state index contributed by atoms with van der Waals surface area (Å²) in [6, 6.07) is 13.7. The predicted molar refractivity (Wildman–Crippen MR) is 173 cm³/mol. The molecule has 2 bridgehead atoms. The lowest BCUT2D eigenvalue weighted by molar-refractivity contribution is 0.0700. The molecule has 2 unspecified atom stereocenters. The van der Waals surface area contributed by atoms with E-state index in [1.54, 1.807) is 19.4 Å². The van der Waals surface area contributed by atoms with Gasteiger partial charge >= 0.3 is 6.09 Å². The number of imidazole rings is 1. The van der Waals surface area contributed by atoms with Crippen LogP contribution in [-0.4, -0.2) is 73.8 Å². The van der Waals surface area contributed by atoms with E-state index >= 15 is 0 Å². The lowest BCUT2D eigenvalue weighted by Crippen LogP contribution is -2.41. The van der Waals surface area contributed by atoms with Crippen molar-refractivity contribution in [2.24, 2.45) is 24.6 Å². The summed E-state index contributed by atoms with van der Waals surface area (Å²) >= 11 is 0. The van der Waals surface area contributed by atoms with Gasteiger partial charge in [0, 0.05) is 54.9 Å². The van der Waals surface area contributed by atoms with Crippen LogP contribution in [0.15, 0.2) is 48.7 Å². The van der Waals surface area contributed by atoms with Gasteiger partial charge in [-0.05, 0) is 80.0 Å². The highest BCUT2D eigenvalue weighted by Gasteiger charge is 2.47. The molecular formula is C34H36N8O4. The fourth-order valence-corrected chi connectivity index (χ4v) is 7.30. The van der Waals surface area contributed by atoms with Crippen molar-refractivity contribution < 1.29 is 19.1 Å². The highest BCUT2D eigenvalue weighted by molar-refractivity contribution is 6.00. The minimum absolute atomic E-state index is 0.0179. The molecule has 2 aliphatic carbocycles. The summed E-state index contributed by atoms with van der Waals surface area (Å²) in [4.78, 5) is 41.9. The average Bonchev–Trinajstić information content (AvgIpc) is 3.47. The molecule has 0 radical (unpaired) electrons. The summed E-state index contributed by atoms with van der Waals surface area (Å²) < 4.78 is 14.9. The summed E-state index contributed by atoms with van der Waals surface area (Å²) in [6.07, 6.45) is 5.45. The first-order chi connectivity index (χ1) is 22.3. The van der Waals surface area contributed by atoms with Gasteiger partial charge in [-0.15, -0.1) is 0 Å². The van der Waals surface area contributed by atoms with Gasteiger partial charge in [-0.1, -0.05) is 0 Å². The number of likely N-dealkylation sites (tertiary alicyclic amines) is 1. The topological polar surface area (TPSA) is 142 Å². The second kappa shape index (κ2) is 10.8. The number of rotatable bonds is 7. The molecule has 236 valence electrons. The van der Waals surface area contributed by atoms with Gasteiger partial charge in [0.15, 0.2) is 5.82 Å². The van der Waals surface area contributed by atoms with Crippen LogP contribution >= 0.6 is 0 Å². The number of carbonyl (C=O) groups is 2. The Hall–Kier alpha value is -4.97. The lowest BCUT2D eigenvalue weighted by atomic mass is 10.1. The Labute approximate surface area is 265 Å². The average molecular weight is 621 g/mol. The van der Waals surface area contributed by atoms with E-state index in [0.29, 0.717) is 41.0 Å². The minimum atomic E-state index is -0.584. The zero-order valence-corrected chi connectivity index (χ0v) is 26.1. The van der Waals surface area contributed by atoms with E-state index in [-0.39, 0.29) is 18.0 Å². The first-order valence-corrected chi connectivity index (χ1v) is 15.8. The van der Waals surface area contributed by atoms with E-state index in [9.17, 15) is 9.59 Å². The van der Waals surface area contributed by atoms with Gasteiger partial charge in [0.05, 0.1) is 31.1 Å². The van der Waals surface area contributed by atoms with Gasteiger partial charge < -0.3 is 29.2 Å². The van der Waals surface area contributed by atoms with Crippen molar-refractivity contribution >= 4 is 39.9 Å². The molecule has 2 amide bonds. The molecule has 3 atom stereocenters. The molecule has 1 aliphatic heterocycles. The Kier molecular flexibility index (Phi) is 6.71. The number of hydrogen-bond donors (Lipinski definition) is 2. The molecule has 1 saturated heterocycles. The molecule has 3 aliphatic rings. The van der Waals surface area contributed by atoms with E-state index in [2.05, 4.69) is 27.0 Å². The standard InChI is InChI=1S/C34H36N8O4/c1-40-30-24(12-22(14-27(30)45-2)33(43)42-17-21-7-9-25(42)29(21)35)38-32(40)26-13-20-6-8-23(37-31(20)41(26)16-18-4-5-18)19-10-11-36-28(15-19)39-34(44)46-3/h6,8,10-15,18,21,25,29H,4-5,7,9,16-17,35H2,1-3H3,(H,36,39,44)/t21?,25?,29-/m1/s1. The molecule has 0 spiro atoms. The zero-order chi connectivity index (χ0) is 31.7. The van der Waals surface area contributed by atoms with Crippen molar-refractivity contribution in [1.82, 2.24) is 29.0 Å². The molecule has 12 heteroatoms. The molecule has 46 heavy (non-hydrogen) atoms. The van der Waals surface area contributed by atoms with E-state index in [1.165, 1.54) is 20.0 Å². The van der Waals surface area contributed by atoms with Crippen LogP contribution in [0.3, 0.4) is 0 Å². The number of nitrogens with zero attached hydrogens (tertiary/aromatic N) is 6. The number of fused-ring (bicyclic) bond motifs is 4. The smallest absolute Gasteiger partial charge is 0.412 e. The normalized spacial score (nSPS) is 20.5. The number of carbonyl (C=O) groups excluding carboxylic acids is 2. The van der Waals surface area contributed by atoms with Crippen LogP contribution < -0.4 is 15.8 Å². The Morgan fingerprint density at radius 2 is 1.89 bits per heavy atom. The van der Waals surface area contributed by atoms with Crippen molar-refractivity contribution in [1.29, 1.82) is 0 Å². The van der Waals surface area contributed by atoms with E-state index in [4.69, 9.17) is 25.2 Å². The summed E-state index contributed by atoms with van der Waals surface area (Å²) in [7, 11) is 4.93. The van der Waals surface area contributed by atoms with Gasteiger partial charge in [-0.3, -0.25) is 10.1 Å². The summed E-state index contributed by atoms with van der Waals surface area (Å²) in [5.74, 6) is 2.69. The van der Waals surface area contributed by atoms with Crippen molar-refractivity contribution in [2.75, 3.05) is 26.1 Å². The molecule has 5 aromatic rings. The third kappa shape index (κ3) is 4.66. The maximum absolute atomic E-state index is 13.7. The van der Waals surface area contributed by atoms with E-state index in [1.807, 2.05) is 40.8 Å². The van der Waals surface area contributed by atoms with Crippen LogP contribution in [0.4, 0.5) is 10.6 Å². The number of nitrogens with two attached hydrogens (primary N) is 1. The van der Waals surface area contributed by atoms with E-state index in [0.717, 1.165) is 58.7 Å². The number of ether oxygens (including phenoxy) is 2. The zero-order valence-electron chi connectivity index (χ0n) is 26.1. The second-order valence-electron chi connectivity index (χ2n) is 12.7. The quantitative estimate of drug-likeness (QED) is 0.264. The number of pyridine rings is 2. The van der Waals surface area contributed by atoms with E-state index < -0.39 is 6.09 Å². The van der Waals surface area contributed by atoms with Gasteiger partial charge in [-0.2, -0.15) is 0 Å². The molecule has 2 saturated carbocycles. The molecule has 8 rings (SSSR count). The van der Waals surface area contributed by atoms with Crippen LogP contribution in [0.25, 0.3) is 44.8 Å². The Morgan fingerprint density at radius 3 is 2.61 bits per heavy atom. The highest BCUT2D eigenvalue weighted by Crippen LogP contribution is 2.40. The molecule has 4 aromatic heterocycles. The monoisotopic (exact) mass is 620 g/mol. The third-order valence-corrected chi connectivity index (χ3v) is 9.90. The first kappa shape index (κ1) is 28.5. The number of nitrogens with one attached hydrogen (secondary N) is 1. The molecular weight excluding hydrogens is 584 g/mol. The number of aryl methyl sites for hydroxylation is 1. The summed E-state index contributed by atoms with van der Waals surface area (Å²) in [5, 5.41) is 3.62. The van der Waals surface area contributed by atoms with Crippen molar-refractivity contribution in [3.05, 3.63) is 54.2 Å². The number of anilines is 1. The SMILES string of the molecule is COC(=O)Nc1cc(-c2ccc3cc(-c4nc5cc(C(=O)N6CC7CCC6[C@@H]7N)cc(OC)c5n4C)n(CC4CC4)c3n2)ccn1. The van der Waals surface area contributed by atoms with Crippen LogP contribution in [0.2, 0.25) is 0 Å². The maximum atomic E-state index is 13.7. The number of methoxy groups -OCH3 is 2. The molecule has 3 N–H and O–H groups in total. The number of amides is 2. The Bertz CT molecular complexity index is 2030. The highest BCUT2D eigenvalue weighted by atomic mass is 16.5. The lowest BCUT2D eigenvalue weighted by Gasteiger charge is -2.27. The fraction of sp³-hybridized carbons (Fsp3) is 0.382. The first-order valence-electron chi connectivity index (χ1n) is 15.8. The van der Waals surface area contributed by atoms with Gasteiger partial charge in [0.1, 0.15) is 22.7 Å². The molecule has 5 heterocycles. The second-order valence-corrected chi connectivity index (χ2v) is 12.7. The van der Waals surface area contributed by atoms with Gasteiger partial charge in [0.2, 0.25) is 0 Å². The largest absolute Gasteiger partial charge is 0.494 e. The Balaban J connectivity index is 1.21. The maximum Gasteiger partial charge on any atom is 0.412 e. The molecule has 3 fully saturated rings. The predicted octanol–water partition coefficient (Wildman–Crippen LogP) is 4.81. The number of aromatic nitrogens is 5. The summed E-state index contributed by atoms with van der Waals surface area (Å²) in [5.41, 5.74) is 11.9. The van der Waals surface area contributed by atoms with Gasteiger partial charge in [-0.25, -0.2) is 19.7 Å². The van der Waals surface area contributed by atoms with Gasteiger partial charge in [0.25, 0.3) is 5.91 Å². The van der Waals surface area contributed by atoms with Crippen LogP contribution in [0.5, 0.6) is 5.75 Å². The van der Waals surface area contributed by atoms with Crippen LogP contribution in [0, 0.1) is 11.8 Å². The number of piperidine rings is 1. The van der Waals surface area contributed by atoms with Crippen molar-refractivity contribution in [3.8, 4) is 28.5 Å².